The van der Waals surface area contributed by atoms with Gasteiger partial charge in [0.1, 0.15) is 0 Å². The molecule has 112 valence electrons. The van der Waals surface area contributed by atoms with Gasteiger partial charge in [0, 0.05) is 18.3 Å². The van der Waals surface area contributed by atoms with Crippen molar-refractivity contribution in [3.63, 3.8) is 0 Å². The standard InChI is InChI=1S/C19H20N2O/c1-2-19(22)21-16-10-8-15-9-11-18(17(15)12-16)20-13-14-6-4-3-5-7-14/h2-8,10,12,18,20H,1,9,11,13H2,(H,21,22). The predicted octanol–water partition coefficient (Wildman–Crippen LogP) is 3.59. The van der Waals surface area contributed by atoms with Crippen LogP contribution in [0.25, 0.3) is 0 Å². The van der Waals surface area contributed by atoms with Gasteiger partial charge in [-0.05, 0) is 47.7 Å². The Balaban J connectivity index is 1.71. The van der Waals surface area contributed by atoms with Crippen molar-refractivity contribution in [2.45, 2.75) is 25.4 Å². The lowest BCUT2D eigenvalue weighted by Gasteiger charge is -2.15. The number of anilines is 1. The van der Waals surface area contributed by atoms with Crippen molar-refractivity contribution in [3.05, 3.63) is 77.9 Å². The van der Waals surface area contributed by atoms with Crippen molar-refractivity contribution >= 4 is 11.6 Å². The first-order chi connectivity index (χ1) is 10.8. The normalized spacial score (nSPS) is 16.1. The van der Waals surface area contributed by atoms with Crippen LogP contribution in [0.2, 0.25) is 0 Å². The van der Waals surface area contributed by atoms with Gasteiger partial charge in [-0.15, -0.1) is 0 Å². The molecule has 3 heteroatoms. The molecule has 1 amide bonds. The van der Waals surface area contributed by atoms with E-state index in [9.17, 15) is 4.79 Å². The van der Waals surface area contributed by atoms with Crippen LogP contribution in [0.4, 0.5) is 5.69 Å². The van der Waals surface area contributed by atoms with Crippen LogP contribution in [0.5, 0.6) is 0 Å². The zero-order valence-electron chi connectivity index (χ0n) is 12.5. The second-order valence-corrected chi connectivity index (χ2v) is 5.56. The zero-order chi connectivity index (χ0) is 15.4. The van der Waals surface area contributed by atoms with Gasteiger partial charge in [-0.2, -0.15) is 0 Å². The van der Waals surface area contributed by atoms with E-state index in [0.717, 1.165) is 25.1 Å². The zero-order valence-corrected chi connectivity index (χ0v) is 12.5. The molecule has 0 saturated heterocycles. The maximum atomic E-state index is 11.4. The maximum absolute atomic E-state index is 11.4. The summed E-state index contributed by atoms with van der Waals surface area (Å²) in [4.78, 5) is 11.4. The molecule has 0 bridgehead atoms. The van der Waals surface area contributed by atoms with E-state index in [0.29, 0.717) is 6.04 Å². The van der Waals surface area contributed by atoms with E-state index in [4.69, 9.17) is 0 Å². The summed E-state index contributed by atoms with van der Waals surface area (Å²) < 4.78 is 0. The lowest BCUT2D eigenvalue weighted by atomic mass is 10.1. The molecule has 0 aliphatic heterocycles. The Morgan fingerprint density at radius 1 is 1.23 bits per heavy atom. The van der Waals surface area contributed by atoms with E-state index in [2.05, 4.69) is 53.6 Å². The molecule has 1 aliphatic carbocycles. The first-order valence-corrected chi connectivity index (χ1v) is 7.60. The summed E-state index contributed by atoms with van der Waals surface area (Å²) in [6.07, 6.45) is 3.47. The minimum absolute atomic E-state index is 0.174. The fourth-order valence-electron chi connectivity index (χ4n) is 2.92. The smallest absolute Gasteiger partial charge is 0.247 e. The number of aryl methyl sites for hydroxylation is 1. The molecule has 1 aliphatic rings. The highest BCUT2D eigenvalue weighted by molar-refractivity contribution is 5.98. The summed E-state index contributed by atoms with van der Waals surface area (Å²) in [5.41, 5.74) is 4.77. The average molecular weight is 292 g/mol. The summed E-state index contributed by atoms with van der Waals surface area (Å²) in [5, 5.41) is 6.45. The summed E-state index contributed by atoms with van der Waals surface area (Å²) in [6.45, 7) is 4.34. The van der Waals surface area contributed by atoms with Crippen LogP contribution in [-0.4, -0.2) is 5.91 Å². The monoisotopic (exact) mass is 292 g/mol. The number of rotatable bonds is 5. The highest BCUT2D eigenvalue weighted by atomic mass is 16.1. The molecule has 2 N–H and O–H groups in total. The van der Waals surface area contributed by atoms with Gasteiger partial charge in [-0.3, -0.25) is 4.79 Å². The Labute approximate surface area is 131 Å². The van der Waals surface area contributed by atoms with Gasteiger partial charge in [0.05, 0.1) is 0 Å². The Hall–Kier alpha value is -2.39. The minimum atomic E-state index is -0.174. The molecule has 0 fully saturated rings. The highest BCUT2D eigenvalue weighted by Gasteiger charge is 2.22. The van der Waals surface area contributed by atoms with E-state index >= 15 is 0 Å². The molecule has 22 heavy (non-hydrogen) atoms. The molecule has 0 aromatic heterocycles. The molecular weight excluding hydrogens is 272 g/mol. The number of hydrogen-bond acceptors (Lipinski definition) is 2. The van der Waals surface area contributed by atoms with Crippen LogP contribution in [0.15, 0.2) is 61.2 Å². The number of nitrogens with one attached hydrogen (secondary N) is 2. The third kappa shape index (κ3) is 3.26. The van der Waals surface area contributed by atoms with E-state index in [1.54, 1.807) is 0 Å². The number of fused-ring (bicyclic) bond motifs is 1. The molecule has 3 rings (SSSR count). The van der Waals surface area contributed by atoms with E-state index in [1.807, 2.05) is 12.1 Å². The minimum Gasteiger partial charge on any atom is -0.323 e. The van der Waals surface area contributed by atoms with Gasteiger partial charge in [0.2, 0.25) is 5.91 Å². The lowest BCUT2D eigenvalue weighted by molar-refractivity contribution is -0.111. The fourth-order valence-corrected chi connectivity index (χ4v) is 2.92. The summed E-state index contributed by atoms with van der Waals surface area (Å²) in [5.74, 6) is -0.174. The fraction of sp³-hybridized carbons (Fsp3) is 0.211. The largest absolute Gasteiger partial charge is 0.323 e. The van der Waals surface area contributed by atoms with Gasteiger partial charge >= 0.3 is 0 Å². The number of carbonyl (C=O) groups is 1. The van der Waals surface area contributed by atoms with Crippen LogP contribution in [0.1, 0.15) is 29.2 Å². The maximum Gasteiger partial charge on any atom is 0.247 e. The first-order valence-electron chi connectivity index (χ1n) is 7.60. The summed E-state index contributed by atoms with van der Waals surface area (Å²) in [7, 11) is 0. The summed E-state index contributed by atoms with van der Waals surface area (Å²) >= 11 is 0. The van der Waals surface area contributed by atoms with Crippen molar-refractivity contribution in [1.82, 2.24) is 5.32 Å². The van der Waals surface area contributed by atoms with Crippen molar-refractivity contribution < 1.29 is 4.79 Å². The molecular formula is C19H20N2O. The summed E-state index contributed by atoms with van der Waals surface area (Å²) in [6, 6.07) is 16.9. The van der Waals surface area contributed by atoms with E-state index < -0.39 is 0 Å². The molecule has 2 aromatic carbocycles. The quantitative estimate of drug-likeness (QED) is 0.827. The van der Waals surface area contributed by atoms with Crippen LogP contribution >= 0.6 is 0 Å². The first kappa shape index (κ1) is 14.5. The second-order valence-electron chi connectivity index (χ2n) is 5.56. The number of benzene rings is 2. The highest BCUT2D eigenvalue weighted by Crippen LogP contribution is 2.33. The van der Waals surface area contributed by atoms with Crippen LogP contribution in [-0.2, 0) is 17.8 Å². The van der Waals surface area contributed by atoms with Crippen LogP contribution in [0.3, 0.4) is 0 Å². The Morgan fingerprint density at radius 3 is 2.82 bits per heavy atom. The molecule has 0 heterocycles. The molecule has 0 radical (unpaired) electrons. The van der Waals surface area contributed by atoms with Gasteiger partial charge in [-0.25, -0.2) is 0 Å². The molecule has 1 unspecified atom stereocenters. The topological polar surface area (TPSA) is 41.1 Å². The third-order valence-corrected chi connectivity index (χ3v) is 4.07. The SMILES string of the molecule is C=CC(=O)Nc1ccc2c(c1)C(NCc1ccccc1)CC2. The average Bonchev–Trinajstić information content (AvgIpc) is 2.96. The Kier molecular flexibility index (Phi) is 4.35. The molecule has 1 atom stereocenters. The van der Waals surface area contributed by atoms with Crippen molar-refractivity contribution in [2.75, 3.05) is 5.32 Å². The van der Waals surface area contributed by atoms with Crippen molar-refractivity contribution in [3.8, 4) is 0 Å². The van der Waals surface area contributed by atoms with Crippen molar-refractivity contribution in [2.24, 2.45) is 0 Å². The third-order valence-electron chi connectivity index (χ3n) is 4.07. The Morgan fingerprint density at radius 2 is 2.05 bits per heavy atom. The molecule has 0 saturated carbocycles. The van der Waals surface area contributed by atoms with Gasteiger partial charge in [0.25, 0.3) is 0 Å². The molecule has 0 spiro atoms. The molecule has 2 aromatic rings. The van der Waals surface area contributed by atoms with Crippen LogP contribution in [0, 0.1) is 0 Å². The van der Waals surface area contributed by atoms with E-state index in [1.165, 1.54) is 22.8 Å². The predicted molar refractivity (Wildman–Crippen MR) is 89.6 cm³/mol. The van der Waals surface area contributed by atoms with Gasteiger partial charge in [-0.1, -0.05) is 43.0 Å². The van der Waals surface area contributed by atoms with Gasteiger partial charge < -0.3 is 10.6 Å². The number of hydrogen-bond donors (Lipinski definition) is 2. The lowest BCUT2D eigenvalue weighted by Crippen LogP contribution is -2.18. The number of amides is 1. The number of carbonyl (C=O) groups excluding carboxylic acids is 1. The van der Waals surface area contributed by atoms with Crippen molar-refractivity contribution in [1.29, 1.82) is 0 Å². The second kappa shape index (κ2) is 6.58. The molecule has 3 nitrogen and oxygen atoms in total. The van der Waals surface area contributed by atoms with E-state index in [-0.39, 0.29) is 5.91 Å². The van der Waals surface area contributed by atoms with Gasteiger partial charge in [0.15, 0.2) is 0 Å². The Bertz CT molecular complexity index is 679. The van der Waals surface area contributed by atoms with Crippen LogP contribution < -0.4 is 10.6 Å².